The van der Waals surface area contributed by atoms with Crippen LogP contribution in [-0.2, 0) is 22.9 Å². The number of primary amides is 1. The van der Waals surface area contributed by atoms with E-state index in [0.29, 0.717) is 28.7 Å². The van der Waals surface area contributed by atoms with Gasteiger partial charge in [-0.2, -0.15) is 4.98 Å². The largest absolute Gasteiger partial charge is 0.492 e. The third-order valence-corrected chi connectivity index (χ3v) is 7.65. The molecule has 3 aromatic heterocycles. The van der Waals surface area contributed by atoms with Crippen molar-refractivity contribution >= 4 is 43.8 Å². The van der Waals surface area contributed by atoms with Crippen LogP contribution in [0.3, 0.4) is 0 Å². The molecule has 0 radical (unpaired) electrons. The normalized spacial score (nSPS) is 11.7. The number of hydrogen-bond donors (Lipinski definition) is 1. The maximum Gasteiger partial charge on any atom is 0.252 e. The van der Waals surface area contributed by atoms with Crippen LogP contribution in [0.4, 0.5) is 10.2 Å². The lowest BCUT2D eigenvalue weighted by atomic mass is 10.0. The third kappa shape index (κ3) is 5.59. The van der Waals surface area contributed by atoms with Crippen LogP contribution in [0, 0.1) is 5.82 Å². The molecule has 206 valence electrons. The molecule has 2 N–H and O–H groups in total. The summed E-state index contributed by atoms with van der Waals surface area (Å²) in [5, 5.41) is 1.35. The van der Waals surface area contributed by atoms with Crippen molar-refractivity contribution in [1.29, 1.82) is 0 Å². The first kappa shape index (κ1) is 27.1. The lowest BCUT2D eigenvalue weighted by Crippen LogP contribution is -2.35. The van der Waals surface area contributed by atoms with Gasteiger partial charge in [0, 0.05) is 24.1 Å². The molecule has 0 spiro atoms. The van der Waals surface area contributed by atoms with Gasteiger partial charge in [-0.1, -0.05) is 25.1 Å². The highest BCUT2D eigenvalue weighted by atomic mass is 32.2. The quantitative estimate of drug-likeness (QED) is 0.263. The number of furan rings is 1. The number of fused-ring (bicyclic) bond motifs is 2. The second-order valence-corrected chi connectivity index (χ2v) is 11.2. The lowest BCUT2D eigenvalue weighted by molar-refractivity contribution is 0.1000. The Morgan fingerprint density at radius 1 is 1.12 bits per heavy atom. The van der Waals surface area contributed by atoms with Crippen molar-refractivity contribution in [2.75, 3.05) is 23.7 Å². The summed E-state index contributed by atoms with van der Waals surface area (Å²) >= 11 is 0. The molecular formula is C29H27FN4O5S. The molecule has 2 aromatic carbocycles. The average Bonchev–Trinajstić information content (AvgIpc) is 3.27. The number of aromatic nitrogens is 2. The van der Waals surface area contributed by atoms with Gasteiger partial charge in [-0.3, -0.25) is 14.1 Å². The highest BCUT2D eigenvalue weighted by Gasteiger charge is 2.26. The maximum absolute atomic E-state index is 13.4. The Bertz CT molecular complexity index is 1820. The zero-order valence-electron chi connectivity index (χ0n) is 21.9. The molecule has 0 unspecified atom stereocenters. The number of halogens is 1. The molecule has 40 heavy (non-hydrogen) atoms. The third-order valence-electron chi connectivity index (χ3n) is 6.49. The smallest absolute Gasteiger partial charge is 0.252 e. The maximum atomic E-state index is 13.4. The number of ether oxygens (including phenoxy) is 1. The number of nitrogens with zero attached hydrogens (tertiary/aromatic N) is 3. The van der Waals surface area contributed by atoms with Gasteiger partial charge in [-0.25, -0.2) is 12.8 Å². The molecule has 5 rings (SSSR count). The zero-order chi connectivity index (χ0) is 28.4. The van der Waals surface area contributed by atoms with Crippen LogP contribution in [-0.4, -0.2) is 43.7 Å². The van der Waals surface area contributed by atoms with E-state index in [2.05, 4.69) is 9.97 Å². The Morgan fingerprint density at radius 3 is 2.60 bits per heavy atom. The number of carbonyl (C=O) groups is 1. The molecule has 0 atom stereocenters. The number of benzene rings is 2. The summed E-state index contributed by atoms with van der Waals surface area (Å²) in [6.07, 6.45) is 3.39. The van der Waals surface area contributed by atoms with Gasteiger partial charge in [-0.15, -0.1) is 0 Å². The van der Waals surface area contributed by atoms with Crippen LogP contribution in [0.1, 0.15) is 34.2 Å². The molecule has 3 heterocycles. The molecule has 0 aliphatic carbocycles. The van der Waals surface area contributed by atoms with Crippen molar-refractivity contribution in [3.63, 3.8) is 0 Å². The Labute approximate surface area is 230 Å². The Hall–Kier alpha value is -4.51. The molecular weight excluding hydrogens is 535 g/mol. The van der Waals surface area contributed by atoms with E-state index in [4.69, 9.17) is 14.9 Å². The fourth-order valence-electron chi connectivity index (χ4n) is 4.57. The van der Waals surface area contributed by atoms with Gasteiger partial charge in [0.25, 0.3) is 5.91 Å². The monoisotopic (exact) mass is 562 g/mol. The molecule has 0 aliphatic heterocycles. The van der Waals surface area contributed by atoms with Crippen molar-refractivity contribution in [3.8, 4) is 5.75 Å². The molecule has 9 nitrogen and oxygen atoms in total. The summed E-state index contributed by atoms with van der Waals surface area (Å²) in [4.78, 5) is 21.3. The van der Waals surface area contributed by atoms with E-state index in [1.165, 1.54) is 12.1 Å². The number of amides is 1. The second kappa shape index (κ2) is 10.9. The number of carbonyl (C=O) groups excluding carboxylic acids is 1. The zero-order valence-corrected chi connectivity index (χ0v) is 22.7. The van der Waals surface area contributed by atoms with Gasteiger partial charge < -0.3 is 14.9 Å². The van der Waals surface area contributed by atoms with Crippen molar-refractivity contribution in [2.24, 2.45) is 5.73 Å². The molecule has 0 fully saturated rings. The van der Waals surface area contributed by atoms with Gasteiger partial charge in [0.15, 0.2) is 0 Å². The molecule has 1 amide bonds. The van der Waals surface area contributed by atoms with E-state index in [0.717, 1.165) is 21.5 Å². The summed E-state index contributed by atoms with van der Waals surface area (Å²) in [7, 11) is -3.77. The van der Waals surface area contributed by atoms with E-state index in [-0.39, 0.29) is 48.2 Å². The molecule has 0 saturated heterocycles. The van der Waals surface area contributed by atoms with Crippen LogP contribution < -0.4 is 14.8 Å². The predicted molar refractivity (Wildman–Crippen MR) is 151 cm³/mol. The van der Waals surface area contributed by atoms with Crippen LogP contribution in [0.15, 0.2) is 71.3 Å². The summed E-state index contributed by atoms with van der Waals surface area (Å²) in [5.41, 5.74) is 8.00. The number of rotatable bonds is 10. The second-order valence-electron chi connectivity index (χ2n) is 9.29. The summed E-state index contributed by atoms with van der Waals surface area (Å²) in [5.74, 6) is -0.0871. The number of nitrogens with two attached hydrogens (primary N) is 1. The molecule has 0 aliphatic rings. The summed E-state index contributed by atoms with van der Waals surface area (Å²) in [6, 6.07) is 16.7. The van der Waals surface area contributed by atoms with E-state index in [1.807, 2.05) is 25.1 Å². The molecule has 5 aromatic rings. The Balaban J connectivity index is 1.48. The molecule has 0 bridgehead atoms. The number of sulfonamides is 1. The van der Waals surface area contributed by atoms with Gasteiger partial charge >= 0.3 is 0 Å². The lowest BCUT2D eigenvalue weighted by Gasteiger charge is -2.23. The molecule has 11 heteroatoms. The summed E-state index contributed by atoms with van der Waals surface area (Å²) in [6.45, 7) is 1.89. The fraction of sp³-hybridized carbons (Fsp3) is 0.207. The first-order valence-electron chi connectivity index (χ1n) is 12.6. The van der Waals surface area contributed by atoms with Crippen LogP contribution >= 0.6 is 0 Å². The Kier molecular flexibility index (Phi) is 7.40. The molecule has 0 saturated carbocycles. The van der Waals surface area contributed by atoms with Crippen molar-refractivity contribution in [1.82, 2.24) is 9.97 Å². The highest BCUT2D eigenvalue weighted by molar-refractivity contribution is 7.92. The number of hydrogen-bond acceptors (Lipinski definition) is 7. The van der Waals surface area contributed by atoms with Gasteiger partial charge in [0.1, 0.15) is 29.8 Å². The van der Waals surface area contributed by atoms with E-state index in [9.17, 15) is 17.6 Å². The van der Waals surface area contributed by atoms with Gasteiger partial charge in [-0.05, 0) is 53.9 Å². The first-order valence-corrected chi connectivity index (χ1v) is 14.4. The predicted octanol–water partition coefficient (Wildman–Crippen LogP) is 4.61. The van der Waals surface area contributed by atoms with Crippen LogP contribution in [0.2, 0.25) is 0 Å². The van der Waals surface area contributed by atoms with Crippen LogP contribution in [0.5, 0.6) is 5.75 Å². The number of pyridine rings is 2. The van der Waals surface area contributed by atoms with Crippen LogP contribution in [0.25, 0.3) is 22.0 Å². The average molecular weight is 563 g/mol. The number of aryl methyl sites for hydroxylation is 1. The van der Waals surface area contributed by atoms with E-state index in [1.54, 1.807) is 36.5 Å². The first-order chi connectivity index (χ1) is 19.1. The Morgan fingerprint density at radius 2 is 1.90 bits per heavy atom. The minimum absolute atomic E-state index is 0.0174. The fourth-order valence-corrected chi connectivity index (χ4v) is 5.45. The van der Waals surface area contributed by atoms with Gasteiger partial charge in [0.2, 0.25) is 15.7 Å². The number of anilines is 1. The topological polar surface area (TPSA) is 129 Å². The highest BCUT2D eigenvalue weighted by Crippen LogP contribution is 2.32. The SMILES string of the molecule is CCc1cc2c(C(N)=O)c(Cc3ccc(F)cc3)oc2nc1N(CCOc1ccc2cccnc2c1)S(C)(=O)=O. The van der Waals surface area contributed by atoms with E-state index >= 15 is 0 Å². The standard InChI is InChI=1S/C29H27FN4O5S/c1-3-19-16-23-26(27(31)35)25(15-18-6-9-21(30)10-7-18)39-29(23)33-28(19)34(40(2,36)37)13-14-38-22-11-8-20-5-4-12-32-24(20)17-22/h4-12,16-17H,3,13-15H2,1-2H3,(H2,31,35). The van der Waals surface area contributed by atoms with Crippen molar-refractivity contribution in [3.05, 3.63) is 95.1 Å². The minimum Gasteiger partial charge on any atom is -0.492 e. The van der Waals surface area contributed by atoms with Gasteiger partial charge in [0.05, 0.1) is 29.3 Å². The van der Waals surface area contributed by atoms with Crippen molar-refractivity contribution < 1.29 is 26.8 Å². The minimum atomic E-state index is -3.77. The van der Waals surface area contributed by atoms with Crippen molar-refractivity contribution in [2.45, 2.75) is 19.8 Å². The van der Waals surface area contributed by atoms with E-state index < -0.39 is 15.9 Å². The summed E-state index contributed by atoms with van der Waals surface area (Å²) < 4.78 is 52.1.